The Kier molecular flexibility index (Phi) is 5.68. The molecule has 0 fully saturated rings. The third-order valence-electron chi connectivity index (χ3n) is 2.65. The Morgan fingerprint density at radius 1 is 1.14 bits per heavy atom. The molecule has 0 N–H and O–H groups in total. The number of nitriles is 1. The summed E-state index contributed by atoms with van der Waals surface area (Å²) in [5, 5.41) is 9.39. The predicted molar refractivity (Wildman–Crippen MR) is 83.6 cm³/mol. The Labute approximate surface area is 132 Å². The zero-order chi connectivity index (χ0) is 15.1. The first-order valence-electron chi connectivity index (χ1n) is 6.25. The van der Waals surface area contributed by atoms with Crippen molar-refractivity contribution in [1.82, 2.24) is 0 Å². The van der Waals surface area contributed by atoms with Gasteiger partial charge in [0.05, 0.1) is 17.2 Å². The Hall–Kier alpha value is -1.96. The molecule has 0 aliphatic carbocycles. The number of hydrogen-bond donors (Lipinski definition) is 0. The van der Waals surface area contributed by atoms with Crippen molar-refractivity contribution in [1.29, 1.82) is 5.26 Å². The number of benzene rings is 2. The molecule has 0 radical (unpaired) electrons. The van der Waals surface area contributed by atoms with Gasteiger partial charge in [-0.2, -0.15) is 5.26 Å². The van der Waals surface area contributed by atoms with Crippen LogP contribution >= 0.6 is 23.4 Å². The number of carbonyl (C=O) groups excluding carboxylic acids is 1. The van der Waals surface area contributed by atoms with E-state index in [1.54, 1.807) is 36.0 Å². The minimum absolute atomic E-state index is 0.326. The molecule has 5 heteroatoms. The maximum absolute atomic E-state index is 11.8. The van der Waals surface area contributed by atoms with Gasteiger partial charge < -0.3 is 4.74 Å². The van der Waals surface area contributed by atoms with Crippen LogP contribution in [0.1, 0.15) is 15.9 Å². The molecule has 0 unspecified atom stereocenters. The van der Waals surface area contributed by atoms with E-state index in [2.05, 4.69) is 0 Å². The zero-order valence-electron chi connectivity index (χ0n) is 11.1. The summed E-state index contributed by atoms with van der Waals surface area (Å²) in [6, 6.07) is 15.9. The van der Waals surface area contributed by atoms with Gasteiger partial charge in [0.25, 0.3) is 0 Å². The first kappa shape index (κ1) is 15.4. The molecule has 0 atom stereocenters. The van der Waals surface area contributed by atoms with Crippen LogP contribution in [-0.2, 0) is 4.74 Å². The number of halogens is 1. The first-order chi connectivity index (χ1) is 10.2. The molecule has 0 saturated heterocycles. The van der Waals surface area contributed by atoms with E-state index >= 15 is 0 Å². The lowest BCUT2D eigenvalue weighted by molar-refractivity contribution is 0.0530. The van der Waals surface area contributed by atoms with E-state index in [4.69, 9.17) is 21.6 Å². The smallest absolute Gasteiger partial charge is 0.338 e. The summed E-state index contributed by atoms with van der Waals surface area (Å²) in [5.41, 5.74) is 0.968. The van der Waals surface area contributed by atoms with Crippen molar-refractivity contribution in [3.8, 4) is 6.07 Å². The van der Waals surface area contributed by atoms with Crippen LogP contribution in [0.4, 0.5) is 0 Å². The highest BCUT2D eigenvalue weighted by Crippen LogP contribution is 2.20. The van der Waals surface area contributed by atoms with Crippen molar-refractivity contribution in [3.63, 3.8) is 0 Å². The van der Waals surface area contributed by atoms with E-state index in [9.17, 15) is 4.79 Å². The molecular weight excluding hydrogens is 306 g/mol. The third kappa shape index (κ3) is 4.82. The van der Waals surface area contributed by atoms with Gasteiger partial charge in [-0.25, -0.2) is 4.79 Å². The van der Waals surface area contributed by atoms with E-state index in [1.807, 2.05) is 30.3 Å². The molecule has 2 aromatic carbocycles. The Morgan fingerprint density at radius 2 is 1.81 bits per heavy atom. The average molecular weight is 318 g/mol. The minimum atomic E-state index is -0.379. The fourth-order valence-corrected chi connectivity index (χ4v) is 2.45. The number of nitrogens with zero attached hydrogens (tertiary/aromatic N) is 1. The molecule has 3 nitrogen and oxygen atoms in total. The molecule has 0 saturated carbocycles. The molecule has 0 amide bonds. The molecule has 2 aromatic rings. The molecule has 0 aliphatic rings. The van der Waals surface area contributed by atoms with Gasteiger partial charge >= 0.3 is 5.97 Å². The summed E-state index contributed by atoms with van der Waals surface area (Å²) < 4.78 is 5.18. The molecule has 21 heavy (non-hydrogen) atoms. The second kappa shape index (κ2) is 7.72. The number of thioether (sulfide) groups is 1. The van der Waals surface area contributed by atoms with Crippen molar-refractivity contribution in [2.75, 3.05) is 12.4 Å². The fourth-order valence-electron chi connectivity index (χ4n) is 1.59. The lowest BCUT2D eigenvalue weighted by Crippen LogP contribution is -2.07. The molecule has 0 aromatic heterocycles. The van der Waals surface area contributed by atoms with Crippen LogP contribution < -0.4 is 0 Å². The van der Waals surface area contributed by atoms with E-state index in [1.165, 1.54) is 0 Å². The number of hydrogen-bond acceptors (Lipinski definition) is 4. The van der Waals surface area contributed by atoms with Crippen LogP contribution in [-0.4, -0.2) is 18.3 Å². The lowest BCUT2D eigenvalue weighted by atomic mass is 10.1. The highest BCUT2D eigenvalue weighted by Gasteiger charge is 2.06. The summed E-state index contributed by atoms with van der Waals surface area (Å²) in [6.45, 7) is 0.326. The second-order valence-electron chi connectivity index (χ2n) is 4.13. The highest BCUT2D eigenvalue weighted by molar-refractivity contribution is 7.99. The van der Waals surface area contributed by atoms with Gasteiger partial charge in [-0.1, -0.05) is 11.6 Å². The minimum Gasteiger partial charge on any atom is -0.461 e. The normalized spacial score (nSPS) is 9.90. The van der Waals surface area contributed by atoms with Crippen LogP contribution in [0.2, 0.25) is 5.02 Å². The summed E-state index contributed by atoms with van der Waals surface area (Å²) in [6.07, 6.45) is 0. The van der Waals surface area contributed by atoms with Crippen molar-refractivity contribution in [2.24, 2.45) is 0 Å². The zero-order valence-corrected chi connectivity index (χ0v) is 12.7. The van der Waals surface area contributed by atoms with Gasteiger partial charge in [0, 0.05) is 15.7 Å². The van der Waals surface area contributed by atoms with Crippen molar-refractivity contribution in [3.05, 3.63) is 64.7 Å². The summed E-state index contributed by atoms with van der Waals surface area (Å²) >= 11 is 7.40. The third-order valence-corrected chi connectivity index (χ3v) is 3.88. The monoisotopic (exact) mass is 317 g/mol. The largest absolute Gasteiger partial charge is 0.461 e. The predicted octanol–water partition coefficient (Wildman–Crippen LogP) is 4.16. The highest BCUT2D eigenvalue weighted by atomic mass is 35.5. The Morgan fingerprint density at radius 3 is 2.43 bits per heavy atom. The van der Waals surface area contributed by atoms with E-state index in [-0.39, 0.29) is 5.97 Å². The van der Waals surface area contributed by atoms with Gasteiger partial charge in [-0.15, -0.1) is 11.8 Å². The number of carbonyl (C=O) groups is 1. The number of esters is 1. The van der Waals surface area contributed by atoms with Crippen molar-refractivity contribution in [2.45, 2.75) is 4.90 Å². The van der Waals surface area contributed by atoms with Crippen LogP contribution in [0.25, 0.3) is 0 Å². The summed E-state index contributed by atoms with van der Waals surface area (Å²) in [4.78, 5) is 12.8. The molecule has 0 aliphatic heterocycles. The van der Waals surface area contributed by atoms with E-state index in [0.717, 1.165) is 4.90 Å². The number of rotatable bonds is 5. The van der Waals surface area contributed by atoms with E-state index < -0.39 is 0 Å². The number of ether oxygens (including phenoxy) is 1. The second-order valence-corrected chi connectivity index (χ2v) is 5.73. The van der Waals surface area contributed by atoms with Crippen LogP contribution in [0.15, 0.2) is 53.4 Å². The lowest BCUT2D eigenvalue weighted by Gasteiger charge is -2.05. The molecule has 106 valence electrons. The van der Waals surface area contributed by atoms with Crippen LogP contribution in [0.3, 0.4) is 0 Å². The molecule has 0 heterocycles. The average Bonchev–Trinajstić information content (AvgIpc) is 2.53. The maximum atomic E-state index is 11.8. The summed E-state index contributed by atoms with van der Waals surface area (Å²) in [5.74, 6) is 0.292. The van der Waals surface area contributed by atoms with Crippen LogP contribution in [0.5, 0.6) is 0 Å². The summed E-state index contributed by atoms with van der Waals surface area (Å²) in [7, 11) is 0. The van der Waals surface area contributed by atoms with Gasteiger partial charge in [0.2, 0.25) is 0 Å². The molecule has 0 bridgehead atoms. The standard InChI is InChI=1S/C16H12ClNO2S/c17-14-5-7-15(8-6-14)21-10-9-20-16(19)13-3-1-12(11-18)2-4-13/h1-8H,9-10H2. The molecule has 2 rings (SSSR count). The van der Waals surface area contributed by atoms with Crippen LogP contribution in [0, 0.1) is 11.3 Å². The van der Waals surface area contributed by atoms with Gasteiger partial charge in [0.15, 0.2) is 0 Å². The quantitative estimate of drug-likeness (QED) is 0.472. The Bertz CT molecular complexity index is 647. The van der Waals surface area contributed by atoms with Gasteiger partial charge in [0.1, 0.15) is 6.61 Å². The fraction of sp³-hybridized carbons (Fsp3) is 0.125. The maximum Gasteiger partial charge on any atom is 0.338 e. The SMILES string of the molecule is N#Cc1ccc(C(=O)OCCSc2ccc(Cl)cc2)cc1. The van der Waals surface area contributed by atoms with Gasteiger partial charge in [-0.3, -0.25) is 0 Å². The Balaban J connectivity index is 1.76. The van der Waals surface area contributed by atoms with Crippen molar-refractivity contribution < 1.29 is 9.53 Å². The first-order valence-corrected chi connectivity index (χ1v) is 7.61. The van der Waals surface area contributed by atoms with E-state index in [0.29, 0.717) is 28.5 Å². The topological polar surface area (TPSA) is 50.1 Å². The van der Waals surface area contributed by atoms with Crippen molar-refractivity contribution >= 4 is 29.3 Å². The molecular formula is C16H12ClNO2S. The molecule has 0 spiro atoms. The van der Waals surface area contributed by atoms with Gasteiger partial charge in [-0.05, 0) is 48.5 Å².